The van der Waals surface area contributed by atoms with Crippen LogP contribution in [0.4, 0.5) is 0 Å². The van der Waals surface area contributed by atoms with Gasteiger partial charge in [-0.2, -0.15) is 0 Å². The first-order valence-corrected chi connectivity index (χ1v) is 7.00. The Bertz CT molecular complexity index is 312. The Kier molecular flexibility index (Phi) is 7.35. The van der Waals surface area contributed by atoms with E-state index in [1.165, 1.54) is 0 Å². The molecule has 19 heavy (non-hydrogen) atoms. The molecule has 112 valence electrons. The molecule has 0 aliphatic heterocycles. The molecule has 0 aromatic heterocycles. The molecule has 10 heteroatoms. The van der Waals surface area contributed by atoms with Gasteiger partial charge in [0.2, 0.25) is 0 Å². The van der Waals surface area contributed by atoms with Crippen LogP contribution >= 0.6 is 69.6 Å². The number of carbonyl (C=O) groups is 2. The van der Waals surface area contributed by atoms with Crippen molar-refractivity contribution in [3.8, 4) is 0 Å². The molecule has 0 aliphatic rings. The predicted molar refractivity (Wildman–Crippen MR) is 76.3 cm³/mol. The van der Waals surface area contributed by atoms with Gasteiger partial charge in [-0.1, -0.05) is 83.5 Å². The smallest absolute Gasteiger partial charge is 0.358 e. The van der Waals surface area contributed by atoms with Crippen LogP contribution in [-0.2, 0) is 19.1 Å². The van der Waals surface area contributed by atoms with E-state index in [0.29, 0.717) is 0 Å². The minimum atomic E-state index is -2.16. The molecule has 0 aromatic carbocycles. The van der Waals surface area contributed by atoms with Crippen molar-refractivity contribution in [2.24, 2.45) is 5.41 Å². The van der Waals surface area contributed by atoms with Gasteiger partial charge < -0.3 is 9.47 Å². The number of hydrogen-bond donors (Lipinski definition) is 0. The lowest BCUT2D eigenvalue weighted by atomic mass is 9.96. The minimum Gasteiger partial charge on any atom is -0.462 e. The van der Waals surface area contributed by atoms with Crippen LogP contribution in [0.2, 0.25) is 0 Å². The van der Waals surface area contributed by atoms with Crippen molar-refractivity contribution in [1.29, 1.82) is 0 Å². The van der Waals surface area contributed by atoms with E-state index in [-0.39, 0.29) is 13.2 Å². The van der Waals surface area contributed by atoms with E-state index >= 15 is 0 Å². The van der Waals surface area contributed by atoms with Gasteiger partial charge in [0.15, 0.2) is 0 Å². The molecule has 0 unspecified atom stereocenters. The number of halogens is 6. The number of esters is 2. The lowest BCUT2D eigenvalue weighted by molar-refractivity contribution is -0.151. The maximum absolute atomic E-state index is 11.2. The summed E-state index contributed by atoms with van der Waals surface area (Å²) in [5.74, 6) is -2.06. The molecule has 0 aliphatic carbocycles. The Morgan fingerprint density at radius 3 is 1.26 bits per heavy atom. The standard InChI is InChI=1S/C9H10Cl6O4/c1-7(2,3-18-5(16)8(10,11)12)4-19-6(17)9(13,14)15/h3-4H2,1-2H3. The summed E-state index contributed by atoms with van der Waals surface area (Å²) in [5.41, 5.74) is -0.739. The Balaban J connectivity index is 4.28. The average Bonchev–Trinajstić information content (AvgIpc) is 2.20. The maximum atomic E-state index is 11.2. The molecule has 0 saturated carbocycles. The van der Waals surface area contributed by atoms with Crippen molar-refractivity contribution in [1.82, 2.24) is 0 Å². The minimum absolute atomic E-state index is 0.146. The maximum Gasteiger partial charge on any atom is 0.358 e. The molecule has 4 nitrogen and oxygen atoms in total. The summed E-state index contributed by atoms with van der Waals surface area (Å²) in [6.07, 6.45) is 0. The summed E-state index contributed by atoms with van der Waals surface area (Å²) in [6, 6.07) is 0. The molecular formula is C9H10Cl6O4. The van der Waals surface area contributed by atoms with Crippen LogP contribution in [0.15, 0.2) is 0 Å². The van der Waals surface area contributed by atoms with Crippen molar-refractivity contribution >= 4 is 81.5 Å². The second-order valence-electron chi connectivity index (χ2n) is 4.31. The van der Waals surface area contributed by atoms with E-state index < -0.39 is 24.9 Å². The van der Waals surface area contributed by atoms with Gasteiger partial charge in [-0.25, -0.2) is 9.59 Å². The number of alkyl halides is 6. The van der Waals surface area contributed by atoms with Crippen LogP contribution < -0.4 is 0 Å². The fourth-order valence-electron chi connectivity index (χ4n) is 0.727. The van der Waals surface area contributed by atoms with Gasteiger partial charge in [0.25, 0.3) is 7.59 Å². The van der Waals surface area contributed by atoms with Crippen molar-refractivity contribution < 1.29 is 19.1 Å². The summed E-state index contributed by atoms with van der Waals surface area (Å²) in [4.78, 5) is 22.4. The third-order valence-corrected chi connectivity index (χ3v) is 2.58. The van der Waals surface area contributed by atoms with Crippen LogP contribution in [0.5, 0.6) is 0 Å². The molecular weight excluding hydrogens is 385 g/mol. The summed E-state index contributed by atoms with van der Waals surface area (Å²) >= 11 is 31.9. The van der Waals surface area contributed by atoms with E-state index in [1.807, 2.05) is 0 Å². The van der Waals surface area contributed by atoms with Crippen LogP contribution in [0.3, 0.4) is 0 Å². The summed E-state index contributed by atoms with van der Waals surface area (Å²) < 4.78 is 5.20. The van der Waals surface area contributed by atoms with Crippen molar-refractivity contribution in [2.75, 3.05) is 13.2 Å². The van der Waals surface area contributed by atoms with Gasteiger partial charge in [-0.3, -0.25) is 0 Å². The van der Waals surface area contributed by atoms with Gasteiger partial charge >= 0.3 is 11.9 Å². The fraction of sp³-hybridized carbons (Fsp3) is 0.778. The summed E-state index contributed by atoms with van der Waals surface area (Å²) in [7, 11) is 0. The normalized spacial score (nSPS) is 13.1. The Labute approximate surface area is 140 Å². The van der Waals surface area contributed by atoms with Gasteiger partial charge in [-0.05, 0) is 0 Å². The molecule has 0 atom stereocenters. The van der Waals surface area contributed by atoms with E-state index in [2.05, 4.69) is 0 Å². The SMILES string of the molecule is CC(C)(COC(=O)C(Cl)(Cl)Cl)COC(=O)C(Cl)(Cl)Cl. The Morgan fingerprint density at radius 1 is 0.789 bits per heavy atom. The van der Waals surface area contributed by atoms with Gasteiger partial charge in [0.1, 0.15) is 0 Å². The van der Waals surface area contributed by atoms with E-state index in [4.69, 9.17) is 79.1 Å². The summed E-state index contributed by atoms with van der Waals surface area (Å²) in [6.45, 7) is 2.99. The highest BCUT2D eigenvalue weighted by atomic mass is 35.6. The van der Waals surface area contributed by atoms with E-state index in [0.717, 1.165) is 0 Å². The lowest BCUT2D eigenvalue weighted by Gasteiger charge is -2.25. The van der Waals surface area contributed by atoms with Crippen LogP contribution in [-0.4, -0.2) is 32.7 Å². The third-order valence-electron chi connectivity index (χ3n) is 1.65. The molecule has 0 spiro atoms. The Hall–Kier alpha value is 0.680. The quantitative estimate of drug-likeness (QED) is 0.537. The highest BCUT2D eigenvalue weighted by Crippen LogP contribution is 2.30. The zero-order chi connectivity index (χ0) is 15.5. The van der Waals surface area contributed by atoms with Gasteiger partial charge in [0, 0.05) is 5.41 Å². The number of carbonyl (C=O) groups excluding carboxylic acids is 2. The highest BCUT2D eigenvalue weighted by Gasteiger charge is 2.36. The van der Waals surface area contributed by atoms with E-state index in [9.17, 15) is 9.59 Å². The molecule has 0 heterocycles. The first kappa shape index (κ1) is 19.7. The van der Waals surface area contributed by atoms with Crippen LogP contribution in [0.25, 0.3) is 0 Å². The molecule has 0 rings (SSSR count). The molecule has 0 aromatic rings. The average molecular weight is 395 g/mol. The topological polar surface area (TPSA) is 52.6 Å². The molecule has 0 fully saturated rings. The molecule has 0 bridgehead atoms. The molecule has 0 N–H and O–H groups in total. The van der Waals surface area contributed by atoms with Crippen molar-refractivity contribution in [3.63, 3.8) is 0 Å². The van der Waals surface area contributed by atoms with Crippen LogP contribution in [0, 0.1) is 5.41 Å². The zero-order valence-electron chi connectivity index (χ0n) is 9.81. The monoisotopic (exact) mass is 392 g/mol. The first-order valence-electron chi connectivity index (χ1n) is 4.73. The summed E-state index contributed by atoms with van der Waals surface area (Å²) in [5, 5.41) is 0. The van der Waals surface area contributed by atoms with Crippen molar-refractivity contribution in [2.45, 2.75) is 21.4 Å². The van der Waals surface area contributed by atoms with E-state index in [1.54, 1.807) is 13.8 Å². The predicted octanol–water partition coefficient (Wildman–Crippen LogP) is 3.84. The molecule has 0 saturated heterocycles. The Morgan fingerprint density at radius 2 is 1.05 bits per heavy atom. The zero-order valence-corrected chi connectivity index (χ0v) is 14.4. The highest BCUT2D eigenvalue weighted by molar-refractivity contribution is 6.76. The van der Waals surface area contributed by atoms with Gasteiger partial charge in [-0.15, -0.1) is 0 Å². The van der Waals surface area contributed by atoms with Gasteiger partial charge in [0.05, 0.1) is 13.2 Å². The second-order valence-corrected chi connectivity index (χ2v) is 8.87. The second kappa shape index (κ2) is 7.10. The fourth-order valence-corrected chi connectivity index (χ4v) is 1.05. The molecule has 0 amide bonds. The number of ether oxygens (including phenoxy) is 2. The van der Waals surface area contributed by atoms with Crippen LogP contribution in [0.1, 0.15) is 13.8 Å². The number of rotatable bonds is 4. The largest absolute Gasteiger partial charge is 0.462 e. The lowest BCUT2D eigenvalue weighted by Crippen LogP contribution is -2.33. The third kappa shape index (κ3) is 8.53. The first-order chi connectivity index (χ1) is 8.26. The number of hydrogen-bond acceptors (Lipinski definition) is 4. The van der Waals surface area contributed by atoms with Crippen molar-refractivity contribution in [3.05, 3.63) is 0 Å². The molecule has 0 radical (unpaired) electrons.